The number of carbonyl (C=O) groups excluding carboxylic acids is 2. The Morgan fingerprint density at radius 3 is 2.67 bits per heavy atom. The van der Waals surface area contributed by atoms with Crippen LogP contribution in [0.3, 0.4) is 0 Å². The maximum Gasteiger partial charge on any atom is 0.267 e. The van der Waals surface area contributed by atoms with Gasteiger partial charge < -0.3 is 9.83 Å². The van der Waals surface area contributed by atoms with Crippen molar-refractivity contribution < 1.29 is 30.8 Å². The number of benzene rings is 1. The Morgan fingerprint density at radius 2 is 2.03 bits per heavy atom. The van der Waals surface area contributed by atoms with E-state index in [4.69, 9.17) is 12.8 Å². The normalized spacial score (nSPS) is 14.7. The average Bonchev–Trinajstić information content (AvgIpc) is 3.42. The highest BCUT2D eigenvalue weighted by molar-refractivity contribution is 7.93. The molecule has 0 unspecified atom stereocenters. The van der Waals surface area contributed by atoms with E-state index in [-0.39, 0.29) is 33.1 Å². The van der Waals surface area contributed by atoms with Crippen LogP contribution >= 0.6 is 11.3 Å². The van der Waals surface area contributed by atoms with Gasteiger partial charge in [0.15, 0.2) is 8.61 Å². The molecule has 1 amide bonds. The van der Waals surface area contributed by atoms with E-state index in [0.29, 0.717) is 22.6 Å². The summed E-state index contributed by atoms with van der Waals surface area (Å²) in [7, 11) is -4.67. The van der Waals surface area contributed by atoms with Crippen LogP contribution in [0.15, 0.2) is 33.0 Å². The Balaban J connectivity index is 2.12. The van der Waals surface area contributed by atoms with Crippen LogP contribution in [-0.4, -0.2) is 25.3 Å². The standard InChI is InChI=1S/C20H21N3O5S2/c1-10-8-11(2)17(15(9-10)14(5)24)21-19(25)18-16(6-7-29-18)30(26,27)23-20-12(3)13(4)22-28-20/h6-9,23H,1-5H3,(H,21,25)/i5D3,8D/hD2. The summed E-state index contributed by atoms with van der Waals surface area (Å²) in [6.45, 7) is 2.81. The van der Waals surface area contributed by atoms with Crippen molar-refractivity contribution in [3.8, 4) is 0 Å². The zero-order chi connectivity index (χ0) is 27.3. The van der Waals surface area contributed by atoms with Crippen LogP contribution in [0.5, 0.6) is 0 Å². The van der Waals surface area contributed by atoms with Crippen molar-refractivity contribution in [2.75, 3.05) is 10.0 Å². The SMILES string of the molecule is [2H]c1c(C)cc(C(=O)C([2H])([2H])[2H])c(N([2H])C(=O)c2sccc2S(=O)(=O)N([2H])c2onc(C)c2C)c1C. The van der Waals surface area contributed by atoms with E-state index in [0.717, 1.165) is 12.1 Å². The molecule has 2 N–H and O–H groups in total. The summed E-state index contributed by atoms with van der Waals surface area (Å²) >= 11 is 0.673. The van der Waals surface area contributed by atoms with Crippen molar-refractivity contribution in [3.63, 3.8) is 0 Å². The molecule has 3 aromatic rings. The molecule has 10 heteroatoms. The number of nitrogens with one attached hydrogen (secondary N) is 2. The van der Waals surface area contributed by atoms with Gasteiger partial charge in [0.25, 0.3) is 15.9 Å². The maximum absolute atomic E-state index is 13.3. The van der Waals surface area contributed by atoms with Crippen LogP contribution in [-0.2, 0) is 10.0 Å². The van der Waals surface area contributed by atoms with Crippen LogP contribution in [0.2, 0.25) is 2.82 Å². The summed E-state index contributed by atoms with van der Waals surface area (Å²) in [6.07, 6.45) is 0. The van der Waals surface area contributed by atoms with Crippen LogP contribution < -0.4 is 10.0 Å². The number of ketones is 1. The minimum atomic E-state index is -4.67. The molecule has 0 saturated heterocycles. The van der Waals surface area contributed by atoms with Gasteiger partial charge in [-0.3, -0.25) is 9.59 Å². The minimum Gasteiger partial charge on any atom is -0.337 e. The minimum absolute atomic E-state index is 0.0122. The maximum atomic E-state index is 13.3. The van der Waals surface area contributed by atoms with Gasteiger partial charge in [-0.25, -0.2) is 13.1 Å². The fourth-order valence-corrected chi connectivity index (χ4v) is 4.92. The third-order valence-corrected chi connectivity index (χ3v) is 6.58. The summed E-state index contributed by atoms with van der Waals surface area (Å²) in [6, 6.07) is 2.07. The van der Waals surface area contributed by atoms with E-state index in [2.05, 4.69) is 5.16 Å². The molecule has 30 heavy (non-hydrogen) atoms. The lowest BCUT2D eigenvalue weighted by atomic mass is 10.0. The largest absolute Gasteiger partial charge is 0.337 e. The molecule has 0 bridgehead atoms. The Morgan fingerprint density at radius 1 is 1.30 bits per heavy atom. The van der Waals surface area contributed by atoms with Gasteiger partial charge in [-0.15, -0.1) is 11.3 Å². The molecule has 3 rings (SSSR count). The van der Waals surface area contributed by atoms with Gasteiger partial charge in [-0.2, -0.15) is 0 Å². The number of carbonyl (C=O) groups is 2. The van der Waals surface area contributed by atoms with Gasteiger partial charge in [0.05, 0.1) is 12.8 Å². The lowest BCUT2D eigenvalue weighted by Gasteiger charge is -2.14. The van der Waals surface area contributed by atoms with Gasteiger partial charge in [-0.1, -0.05) is 11.2 Å². The predicted molar refractivity (Wildman–Crippen MR) is 115 cm³/mol. The third kappa shape index (κ3) is 4.14. The van der Waals surface area contributed by atoms with Gasteiger partial charge in [-0.05, 0) is 63.2 Å². The van der Waals surface area contributed by atoms with Gasteiger partial charge in [0, 0.05) is 15.2 Å². The second-order valence-electron chi connectivity index (χ2n) is 6.46. The topological polar surface area (TPSA) is 118 Å². The summed E-state index contributed by atoms with van der Waals surface area (Å²) < 4.78 is 78.5. The van der Waals surface area contributed by atoms with Crippen LogP contribution in [0.25, 0.3) is 0 Å². The molecule has 0 radical (unpaired) electrons. The lowest BCUT2D eigenvalue weighted by Crippen LogP contribution is -2.20. The third-order valence-electron chi connectivity index (χ3n) is 4.25. The smallest absolute Gasteiger partial charge is 0.267 e. The number of nitrogens with zero attached hydrogens (tertiary/aromatic N) is 1. The van der Waals surface area contributed by atoms with Gasteiger partial charge in [0.2, 0.25) is 5.88 Å². The fraction of sp³-hybridized carbons (Fsp3) is 0.250. The number of hydrogen-bond acceptors (Lipinski definition) is 7. The number of Topliss-reactive ketones (excluding diaryl/α,β-unsaturated/α-hetero) is 1. The highest BCUT2D eigenvalue weighted by atomic mass is 32.2. The van der Waals surface area contributed by atoms with E-state index in [1.807, 2.05) is 0 Å². The molecule has 0 spiro atoms. The summed E-state index contributed by atoms with van der Waals surface area (Å²) in [5, 5.41) is 5.10. The van der Waals surface area contributed by atoms with Crippen molar-refractivity contribution in [2.24, 2.45) is 0 Å². The highest BCUT2D eigenvalue weighted by Gasteiger charge is 2.27. The second-order valence-corrected chi connectivity index (χ2v) is 8.95. The van der Waals surface area contributed by atoms with E-state index in [1.165, 1.54) is 26.2 Å². The lowest BCUT2D eigenvalue weighted by molar-refractivity contribution is 0.101. The van der Waals surface area contributed by atoms with Crippen molar-refractivity contribution in [3.05, 3.63) is 56.4 Å². The Bertz CT molecular complexity index is 1480. The molecule has 1 aromatic carbocycles. The van der Waals surface area contributed by atoms with Crippen LogP contribution in [0.4, 0.5) is 11.6 Å². The fourth-order valence-electron chi connectivity index (χ4n) is 2.65. The van der Waals surface area contributed by atoms with E-state index in [9.17, 15) is 18.0 Å². The number of thiophene rings is 1. The monoisotopic (exact) mass is 453 g/mol. The van der Waals surface area contributed by atoms with E-state index in [1.54, 1.807) is 6.92 Å². The molecule has 0 saturated carbocycles. The molecule has 0 atom stereocenters. The summed E-state index contributed by atoms with van der Waals surface area (Å²) in [4.78, 5) is 24.9. The number of aryl methyl sites for hydroxylation is 2. The molecule has 158 valence electrons. The van der Waals surface area contributed by atoms with Gasteiger partial charge >= 0.3 is 0 Å². The molecule has 0 aliphatic carbocycles. The number of hydrogen-bond donors (Lipinski definition) is 2. The molecular formula is C20H21N3O5S2. The average molecular weight is 454 g/mol. The number of aromatic nitrogens is 1. The van der Waals surface area contributed by atoms with Crippen molar-refractivity contribution in [1.82, 2.24) is 5.16 Å². The molecule has 0 aliphatic heterocycles. The number of rotatable bonds is 6. The zero-order valence-electron chi connectivity index (χ0n) is 22.4. The number of anilines is 2. The molecular weight excluding hydrogens is 426 g/mol. The number of amides is 1. The van der Waals surface area contributed by atoms with E-state index >= 15 is 0 Å². The molecule has 0 fully saturated rings. The Hall–Kier alpha value is -2.98. The quantitative estimate of drug-likeness (QED) is 0.539. The van der Waals surface area contributed by atoms with Crippen molar-refractivity contribution in [2.45, 2.75) is 39.4 Å². The van der Waals surface area contributed by atoms with Crippen molar-refractivity contribution >= 4 is 44.6 Å². The molecule has 0 aliphatic rings. The van der Waals surface area contributed by atoms with Gasteiger partial charge in [0.1, 0.15) is 9.77 Å². The van der Waals surface area contributed by atoms with Crippen LogP contribution in [0, 0.1) is 27.7 Å². The first-order chi connectivity index (χ1) is 16.5. The Kier molecular flexibility index (Phi) is 4.00. The zero-order valence-corrected chi connectivity index (χ0v) is 18.1. The first kappa shape index (κ1) is 14.9. The van der Waals surface area contributed by atoms with Crippen LogP contribution in [0.1, 0.15) is 54.7 Å². The van der Waals surface area contributed by atoms with E-state index < -0.39 is 49.6 Å². The molecule has 2 heterocycles. The first-order valence-electron chi connectivity index (χ1n) is 11.4. The van der Waals surface area contributed by atoms with Crippen molar-refractivity contribution in [1.29, 1.82) is 0 Å². The second kappa shape index (κ2) is 8.04. The molecule has 8 nitrogen and oxygen atoms in total. The predicted octanol–water partition coefficient (Wildman–Crippen LogP) is 4.23. The highest BCUT2D eigenvalue weighted by Crippen LogP contribution is 2.29. The number of sulfonamides is 1. The summed E-state index contributed by atoms with van der Waals surface area (Å²) in [5.74, 6) is -2.91. The first-order valence-corrected chi connectivity index (χ1v) is 10.9. The Labute approximate surface area is 186 Å². The summed E-state index contributed by atoms with van der Waals surface area (Å²) in [5.41, 5.74) is -0.0136. The molecule has 2 aromatic heterocycles.